The number of tetrazole rings is 1. The van der Waals surface area contributed by atoms with Crippen LogP contribution in [0.3, 0.4) is 0 Å². The van der Waals surface area contributed by atoms with E-state index in [4.69, 9.17) is 4.74 Å². The number of hydrogen-bond donors (Lipinski definition) is 1. The zero-order valence-corrected chi connectivity index (χ0v) is 17.7. The minimum absolute atomic E-state index is 0.0954. The molecule has 0 spiro atoms. The Morgan fingerprint density at radius 3 is 2.21 bits per heavy atom. The van der Waals surface area contributed by atoms with Crippen molar-refractivity contribution in [3.05, 3.63) is 70.5 Å². The van der Waals surface area contributed by atoms with Gasteiger partial charge in [0, 0.05) is 24.6 Å². The molecule has 0 saturated heterocycles. The van der Waals surface area contributed by atoms with Crippen molar-refractivity contribution < 1.29 is 31.1 Å². The van der Waals surface area contributed by atoms with Crippen LogP contribution in [0.5, 0.6) is 5.75 Å². The summed E-state index contributed by atoms with van der Waals surface area (Å²) in [6.07, 6.45) is -9.29. The minimum atomic E-state index is -4.91. The van der Waals surface area contributed by atoms with Crippen LogP contribution in [0.2, 0.25) is 0 Å². The minimum Gasteiger partial charge on any atom is -0.489 e. The number of aromatic nitrogens is 4. The molecule has 33 heavy (non-hydrogen) atoms. The summed E-state index contributed by atoms with van der Waals surface area (Å²) in [6.45, 7) is 2.03. The molecule has 0 aliphatic rings. The topological polar surface area (TPSA) is 66.9 Å². The molecule has 1 aromatic heterocycles. The molecule has 6 nitrogen and oxygen atoms in total. The Hall–Kier alpha value is -3.15. The molecule has 0 radical (unpaired) electrons. The average molecular weight is 473 g/mol. The lowest BCUT2D eigenvalue weighted by molar-refractivity contribution is -0.143. The Labute approximate surface area is 185 Å². The van der Waals surface area contributed by atoms with E-state index in [0.29, 0.717) is 36.7 Å². The number of hydrogen-bond acceptors (Lipinski definition) is 5. The number of nitrogens with one attached hydrogen (secondary N) is 1. The zero-order valence-electron chi connectivity index (χ0n) is 17.7. The van der Waals surface area contributed by atoms with Crippen LogP contribution < -0.4 is 4.74 Å². The zero-order chi connectivity index (χ0) is 24.2. The summed E-state index contributed by atoms with van der Waals surface area (Å²) >= 11 is 0. The summed E-state index contributed by atoms with van der Waals surface area (Å²) in [4.78, 5) is 1.99. The lowest BCUT2D eigenvalue weighted by atomic mass is 10.0. The molecule has 1 N–H and O–H groups in total. The molecular formula is C21H21F6N5O. The van der Waals surface area contributed by atoms with E-state index in [1.165, 1.54) is 0 Å². The van der Waals surface area contributed by atoms with Crippen molar-refractivity contribution in [2.75, 3.05) is 13.6 Å². The van der Waals surface area contributed by atoms with Gasteiger partial charge in [-0.25, -0.2) is 0 Å². The van der Waals surface area contributed by atoms with Gasteiger partial charge in [-0.05, 0) is 43.8 Å². The molecule has 0 saturated carbocycles. The van der Waals surface area contributed by atoms with Crippen molar-refractivity contribution in [3.8, 4) is 5.75 Å². The lowest BCUT2D eigenvalue weighted by Crippen LogP contribution is -2.25. The molecule has 1 unspecified atom stereocenters. The molecule has 1 heterocycles. The summed E-state index contributed by atoms with van der Waals surface area (Å²) in [5.41, 5.74) is -2.25. The van der Waals surface area contributed by atoms with Crippen molar-refractivity contribution in [1.82, 2.24) is 25.5 Å². The predicted molar refractivity (Wildman–Crippen MR) is 106 cm³/mol. The second-order valence-electron chi connectivity index (χ2n) is 7.48. The molecule has 0 aliphatic carbocycles. The third-order valence-corrected chi connectivity index (χ3v) is 5.15. The first-order valence-electron chi connectivity index (χ1n) is 9.88. The van der Waals surface area contributed by atoms with E-state index >= 15 is 0 Å². The van der Waals surface area contributed by atoms with Gasteiger partial charge in [0.1, 0.15) is 12.4 Å². The van der Waals surface area contributed by atoms with Gasteiger partial charge in [0.25, 0.3) is 0 Å². The van der Waals surface area contributed by atoms with Crippen molar-refractivity contribution in [2.45, 2.75) is 38.3 Å². The van der Waals surface area contributed by atoms with E-state index in [1.807, 2.05) is 18.9 Å². The number of halogens is 6. The average Bonchev–Trinajstić information content (AvgIpc) is 3.28. The van der Waals surface area contributed by atoms with E-state index in [9.17, 15) is 26.3 Å². The normalized spacial score (nSPS) is 13.4. The second-order valence-corrected chi connectivity index (χ2v) is 7.48. The number of likely N-dealkylation sites (N-methyl/N-ethyl adjacent to an activating group) is 1. The van der Waals surface area contributed by atoms with E-state index in [0.717, 1.165) is 5.56 Å². The maximum Gasteiger partial charge on any atom is 0.416 e. The van der Waals surface area contributed by atoms with Crippen LogP contribution in [-0.4, -0.2) is 39.1 Å². The Morgan fingerprint density at radius 1 is 1.00 bits per heavy atom. The van der Waals surface area contributed by atoms with Gasteiger partial charge in [0.05, 0.1) is 11.1 Å². The Bertz CT molecular complexity index is 1020. The summed E-state index contributed by atoms with van der Waals surface area (Å²) in [5, 5.41) is 13.7. The van der Waals surface area contributed by atoms with Gasteiger partial charge < -0.3 is 4.74 Å². The molecule has 2 aromatic carbocycles. The Morgan fingerprint density at radius 2 is 1.64 bits per heavy atom. The van der Waals surface area contributed by atoms with Crippen LogP contribution in [0.15, 0.2) is 42.5 Å². The monoisotopic (exact) mass is 473 g/mol. The van der Waals surface area contributed by atoms with Crippen molar-refractivity contribution in [2.24, 2.45) is 0 Å². The van der Waals surface area contributed by atoms with Gasteiger partial charge in [0.15, 0.2) is 5.82 Å². The SMILES string of the molecule is CC(c1ccccc1OCc1cc(C(F)(F)F)cc(C(F)(F)F)c1)N(C)CCc1nn[nH]n1. The van der Waals surface area contributed by atoms with E-state index in [-0.39, 0.29) is 17.7 Å². The molecule has 1 atom stereocenters. The number of aromatic amines is 1. The van der Waals surface area contributed by atoms with Gasteiger partial charge in [-0.3, -0.25) is 4.90 Å². The molecule has 12 heteroatoms. The highest BCUT2D eigenvalue weighted by molar-refractivity contribution is 5.37. The number of rotatable bonds is 8. The first-order chi connectivity index (χ1) is 15.4. The summed E-state index contributed by atoms with van der Waals surface area (Å²) in [6, 6.07) is 8.13. The fraction of sp³-hybridized carbons (Fsp3) is 0.381. The van der Waals surface area contributed by atoms with Gasteiger partial charge in [-0.2, -0.15) is 31.6 Å². The Balaban J connectivity index is 1.77. The number of para-hydroxylation sites is 1. The highest BCUT2D eigenvalue weighted by Crippen LogP contribution is 2.37. The van der Waals surface area contributed by atoms with Crippen LogP contribution in [0.1, 0.15) is 41.0 Å². The van der Waals surface area contributed by atoms with E-state index in [1.54, 1.807) is 24.3 Å². The van der Waals surface area contributed by atoms with Gasteiger partial charge in [-0.15, -0.1) is 10.2 Å². The molecule has 0 amide bonds. The highest BCUT2D eigenvalue weighted by Gasteiger charge is 2.37. The quantitative estimate of drug-likeness (QED) is 0.464. The number of H-pyrrole nitrogens is 1. The third-order valence-electron chi connectivity index (χ3n) is 5.15. The van der Waals surface area contributed by atoms with Crippen LogP contribution in [0, 0.1) is 0 Å². The first kappa shape index (κ1) is 24.5. The van der Waals surface area contributed by atoms with Crippen molar-refractivity contribution in [3.63, 3.8) is 0 Å². The molecule has 178 valence electrons. The molecule has 0 fully saturated rings. The maximum absolute atomic E-state index is 13.1. The molecule has 3 aromatic rings. The van der Waals surface area contributed by atoms with Crippen LogP contribution >= 0.6 is 0 Å². The summed E-state index contributed by atoms with van der Waals surface area (Å²) in [7, 11) is 1.87. The number of ether oxygens (including phenoxy) is 1. The maximum atomic E-state index is 13.1. The molecule has 0 aliphatic heterocycles. The van der Waals surface area contributed by atoms with Gasteiger partial charge in [0.2, 0.25) is 0 Å². The summed E-state index contributed by atoms with van der Waals surface area (Å²) < 4.78 is 84.3. The third kappa shape index (κ3) is 6.44. The molecule has 0 bridgehead atoms. The first-order valence-corrected chi connectivity index (χ1v) is 9.88. The van der Waals surface area contributed by atoms with Gasteiger partial charge >= 0.3 is 12.4 Å². The highest BCUT2D eigenvalue weighted by atomic mass is 19.4. The van der Waals surface area contributed by atoms with E-state index in [2.05, 4.69) is 20.6 Å². The van der Waals surface area contributed by atoms with Crippen molar-refractivity contribution >= 4 is 0 Å². The predicted octanol–water partition coefficient (Wildman–Crippen LogP) is 5.05. The number of alkyl halides is 6. The van der Waals surface area contributed by atoms with Crippen LogP contribution in [0.25, 0.3) is 0 Å². The fourth-order valence-corrected chi connectivity index (χ4v) is 3.22. The molecular weight excluding hydrogens is 452 g/mol. The van der Waals surface area contributed by atoms with Gasteiger partial charge in [-0.1, -0.05) is 23.4 Å². The standard InChI is InChI=1S/C21H21F6N5O/c1-13(32(2)8-7-19-28-30-31-29-19)17-5-3-4-6-18(17)33-12-14-9-15(20(22,23)24)11-16(10-14)21(25,26)27/h3-6,9-11,13H,7-8,12H2,1-2H3,(H,28,29,30,31). The lowest BCUT2D eigenvalue weighted by Gasteiger charge is -2.26. The van der Waals surface area contributed by atoms with Crippen molar-refractivity contribution in [1.29, 1.82) is 0 Å². The van der Waals surface area contributed by atoms with Crippen LogP contribution in [0.4, 0.5) is 26.3 Å². The summed E-state index contributed by atoms with van der Waals surface area (Å²) in [5.74, 6) is 0.908. The molecule has 3 rings (SSSR count). The fourth-order valence-electron chi connectivity index (χ4n) is 3.22. The largest absolute Gasteiger partial charge is 0.489 e. The smallest absolute Gasteiger partial charge is 0.416 e. The Kier molecular flexibility index (Phi) is 7.25. The van der Waals surface area contributed by atoms with Crippen LogP contribution in [-0.2, 0) is 25.4 Å². The number of nitrogens with zero attached hydrogens (tertiary/aromatic N) is 4. The van der Waals surface area contributed by atoms with E-state index < -0.39 is 30.1 Å². The second kappa shape index (κ2) is 9.77. The number of benzene rings is 2.